The van der Waals surface area contributed by atoms with Crippen molar-refractivity contribution < 1.29 is 19.8 Å². The number of amides is 1. The molecule has 0 radical (unpaired) electrons. The van der Waals surface area contributed by atoms with Gasteiger partial charge in [-0.3, -0.25) is 4.79 Å². The highest BCUT2D eigenvalue weighted by atomic mass is 32.2. The molecule has 0 aliphatic carbocycles. The number of nitrogens with zero attached hydrogens (tertiary/aromatic N) is 1. The van der Waals surface area contributed by atoms with Gasteiger partial charge >= 0.3 is 5.97 Å². The van der Waals surface area contributed by atoms with Gasteiger partial charge in [0.05, 0.1) is 12.1 Å². The van der Waals surface area contributed by atoms with Crippen LogP contribution < -0.4 is 5.73 Å². The van der Waals surface area contributed by atoms with Crippen molar-refractivity contribution in [1.29, 1.82) is 0 Å². The Labute approximate surface area is 104 Å². The lowest BCUT2D eigenvalue weighted by Gasteiger charge is -2.24. The number of carbonyl (C=O) groups excluding carboxylic acids is 1. The van der Waals surface area contributed by atoms with Gasteiger partial charge in [-0.15, -0.1) is 0 Å². The molecule has 1 aliphatic rings. The van der Waals surface area contributed by atoms with Crippen molar-refractivity contribution in [1.82, 2.24) is 4.90 Å². The molecule has 4 N–H and O–H groups in total. The van der Waals surface area contributed by atoms with E-state index >= 15 is 0 Å². The van der Waals surface area contributed by atoms with Crippen LogP contribution in [0.4, 0.5) is 0 Å². The SMILES string of the molecule is CSCC[C@@H](N)C(=O)N1C[C@@H](O)C[C@H]1C(=O)O. The molecule has 0 unspecified atom stereocenters. The maximum atomic E-state index is 11.9. The van der Waals surface area contributed by atoms with Gasteiger partial charge in [0, 0.05) is 13.0 Å². The van der Waals surface area contributed by atoms with E-state index in [0.29, 0.717) is 6.42 Å². The molecule has 0 saturated carbocycles. The van der Waals surface area contributed by atoms with Gasteiger partial charge in [0.2, 0.25) is 5.91 Å². The van der Waals surface area contributed by atoms with Crippen LogP contribution in [-0.2, 0) is 9.59 Å². The number of nitrogens with two attached hydrogens (primary N) is 1. The molecular weight excluding hydrogens is 244 g/mol. The molecule has 1 heterocycles. The zero-order chi connectivity index (χ0) is 13.0. The average molecular weight is 262 g/mol. The fraction of sp³-hybridized carbons (Fsp3) is 0.800. The van der Waals surface area contributed by atoms with Crippen LogP contribution >= 0.6 is 11.8 Å². The molecule has 98 valence electrons. The second kappa shape index (κ2) is 6.23. The van der Waals surface area contributed by atoms with Crippen LogP contribution in [0.25, 0.3) is 0 Å². The maximum Gasteiger partial charge on any atom is 0.326 e. The number of aliphatic hydroxyl groups excluding tert-OH is 1. The average Bonchev–Trinajstić information content (AvgIpc) is 2.67. The Bertz CT molecular complexity index is 300. The molecule has 3 atom stereocenters. The van der Waals surface area contributed by atoms with Gasteiger partial charge in [-0.2, -0.15) is 11.8 Å². The van der Waals surface area contributed by atoms with Crippen LogP contribution in [0.3, 0.4) is 0 Å². The van der Waals surface area contributed by atoms with Crippen LogP contribution in [0.2, 0.25) is 0 Å². The van der Waals surface area contributed by atoms with Crippen LogP contribution in [0.5, 0.6) is 0 Å². The van der Waals surface area contributed by atoms with Crippen molar-refractivity contribution in [3.05, 3.63) is 0 Å². The summed E-state index contributed by atoms with van der Waals surface area (Å²) in [6.45, 7) is 0.0583. The Balaban J connectivity index is 2.63. The summed E-state index contributed by atoms with van der Waals surface area (Å²) in [5.74, 6) is -0.726. The Hall–Kier alpha value is -0.790. The lowest BCUT2D eigenvalue weighted by molar-refractivity contribution is -0.148. The number of carboxylic acids is 1. The first kappa shape index (κ1) is 14.3. The minimum absolute atomic E-state index is 0.0583. The number of hydrogen-bond acceptors (Lipinski definition) is 5. The molecule has 0 aromatic rings. The Kier molecular flexibility index (Phi) is 5.23. The molecule has 7 heteroatoms. The predicted molar refractivity (Wildman–Crippen MR) is 64.7 cm³/mol. The zero-order valence-corrected chi connectivity index (χ0v) is 10.5. The van der Waals surface area contributed by atoms with Crippen molar-refractivity contribution >= 4 is 23.6 Å². The highest BCUT2D eigenvalue weighted by Gasteiger charge is 2.40. The molecule has 1 fully saturated rings. The van der Waals surface area contributed by atoms with Crippen molar-refractivity contribution in [2.45, 2.75) is 31.0 Å². The van der Waals surface area contributed by atoms with Crippen LogP contribution in [-0.4, -0.2) is 63.7 Å². The summed E-state index contributed by atoms with van der Waals surface area (Å²) in [6, 6.07) is -1.63. The molecule has 1 saturated heterocycles. The number of thioether (sulfide) groups is 1. The number of hydrogen-bond donors (Lipinski definition) is 3. The van der Waals surface area contributed by atoms with E-state index in [1.54, 1.807) is 11.8 Å². The van der Waals surface area contributed by atoms with E-state index in [-0.39, 0.29) is 18.9 Å². The number of likely N-dealkylation sites (tertiary alicyclic amines) is 1. The number of aliphatic carboxylic acids is 1. The third kappa shape index (κ3) is 3.58. The molecule has 1 rings (SSSR count). The first-order valence-corrected chi connectivity index (χ1v) is 6.82. The molecule has 0 bridgehead atoms. The molecule has 1 amide bonds. The number of carboxylic acid groups (broad SMARTS) is 1. The van der Waals surface area contributed by atoms with Crippen molar-refractivity contribution in [2.75, 3.05) is 18.6 Å². The second-order valence-electron chi connectivity index (χ2n) is 4.12. The summed E-state index contributed by atoms with van der Waals surface area (Å²) < 4.78 is 0. The monoisotopic (exact) mass is 262 g/mol. The molecule has 0 spiro atoms. The second-order valence-corrected chi connectivity index (χ2v) is 5.11. The van der Waals surface area contributed by atoms with Gasteiger partial charge in [-0.1, -0.05) is 0 Å². The Morgan fingerprint density at radius 1 is 1.59 bits per heavy atom. The standard InChI is InChI=1S/C10H18N2O4S/c1-17-3-2-7(11)9(14)12-5-6(13)4-8(12)10(15)16/h6-8,13H,2-5,11H2,1H3,(H,15,16)/t6-,7+,8-/m0/s1. The number of β-amino-alcohol motifs (C(OH)–C–C–N with tert-alkyl or cyclic N) is 1. The highest BCUT2D eigenvalue weighted by molar-refractivity contribution is 7.98. The lowest BCUT2D eigenvalue weighted by atomic mass is 10.1. The number of rotatable bonds is 5. The van der Waals surface area contributed by atoms with Crippen LogP contribution in [0, 0.1) is 0 Å². The Morgan fingerprint density at radius 3 is 2.76 bits per heavy atom. The molecule has 1 aliphatic heterocycles. The summed E-state index contributed by atoms with van der Waals surface area (Å²) in [6.07, 6.45) is 1.74. The minimum atomic E-state index is -1.09. The fourth-order valence-electron chi connectivity index (χ4n) is 1.87. The van der Waals surface area contributed by atoms with E-state index in [2.05, 4.69) is 0 Å². The van der Waals surface area contributed by atoms with Crippen molar-refractivity contribution in [2.24, 2.45) is 5.73 Å². The Morgan fingerprint density at radius 2 is 2.24 bits per heavy atom. The minimum Gasteiger partial charge on any atom is -0.480 e. The summed E-state index contributed by atoms with van der Waals surface area (Å²) in [7, 11) is 0. The lowest BCUT2D eigenvalue weighted by Crippen LogP contribution is -2.48. The van der Waals surface area contributed by atoms with Gasteiger partial charge in [-0.25, -0.2) is 4.79 Å². The topological polar surface area (TPSA) is 104 Å². The predicted octanol–water partition coefficient (Wildman–Crippen LogP) is -0.887. The maximum absolute atomic E-state index is 11.9. The molecule has 6 nitrogen and oxygen atoms in total. The molecule has 17 heavy (non-hydrogen) atoms. The van der Waals surface area contributed by atoms with Gasteiger partial charge in [0.1, 0.15) is 6.04 Å². The largest absolute Gasteiger partial charge is 0.480 e. The summed E-state index contributed by atoms with van der Waals surface area (Å²) in [5, 5.41) is 18.4. The van der Waals surface area contributed by atoms with E-state index in [1.807, 2.05) is 6.26 Å². The van der Waals surface area contributed by atoms with Gasteiger partial charge in [0.15, 0.2) is 0 Å². The van der Waals surface area contributed by atoms with Crippen molar-refractivity contribution in [3.63, 3.8) is 0 Å². The quantitative estimate of drug-likeness (QED) is 0.594. The third-order valence-corrected chi connectivity index (χ3v) is 3.44. The van der Waals surface area contributed by atoms with E-state index in [0.717, 1.165) is 5.75 Å². The van der Waals surface area contributed by atoms with Crippen LogP contribution in [0.1, 0.15) is 12.8 Å². The third-order valence-electron chi connectivity index (χ3n) is 2.80. The van der Waals surface area contributed by atoms with Crippen molar-refractivity contribution in [3.8, 4) is 0 Å². The summed E-state index contributed by atoms with van der Waals surface area (Å²) >= 11 is 1.58. The van der Waals surface area contributed by atoms with E-state index < -0.39 is 24.2 Å². The normalized spacial score (nSPS) is 25.9. The van der Waals surface area contributed by atoms with Crippen LogP contribution in [0.15, 0.2) is 0 Å². The highest BCUT2D eigenvalue weighted by Crippen LogP contribution is 2.19. The van der Waals surface area contributed by atoms with Gasteiger partial charge in [0.25, 0.3) is 0 Å². The van der Waals surface area contributed by atoms with Gasteiger partial charge < -0.3 is 20.8 Å². The summed E-state index contributed by atoms with van der Waals surface area (Å²) in [4.78, 5) is 24.1. The van der Waals surface area contributed by atoms with E-state index in [9.17, 15) is 14.7 Å². The number of carbonyl (C=O) groups is 2. The smallest absolute Gasteiger partial charge is 0.326 e. The molecular formula is C10H18N2O4S. The number of aliphatic hydroxyl groups is 1. The first-order chi connectivity index (χ1) is 7.97. The van der Waals surface area contributed by atoms with Gasteiger partial charge in [-0.05, 0) is 18.4 Å². The molecule has 0 aromatic carbocycles. The van der Waals surface area contributed by atoms with E-state index in [1.165, 1.54) is 4.90 Å². The zero-order valence-electron chi connectivity index (χ0n) is 9.70. The first-order valence-electron chi connectivity index (χ1n) is 5.43. The fourth-order valence-corrected chi connectivity index (χ4v) is 2.36. The van der Waals surface area contributed by atoms with E-state index in [4.69, 9.17) is 10.8 Å². The molecule has 0 aromatic heterocycles. The summed E-state index contributed by atoms with van der Waals surface area (Å²) in [5.41, 5.74) is 5.71.